The number of phenols is 1. The lowest BCUT2D eigenvalue weighted by Crippen LogP contribution is -2.22. The van der Waals surface area contributed by atoms with E-state index in [-0.39, 0.29) is 17.8 Å². The third-order valence-electron chi connectivity index (χ3n) is 4.91. The van der Waals surface area contributed by atoms with Gasteiger partial charge >= 0.3 is 0 Å². The van der Waals surface area contributed by atoms with Gasteiger partial charge in [0.2, 0.25) is 0 Å². The summed E-state index contributed by atoms with van der Waals surface area (Å²) in [5.74, 6) is 2.83. The van der Waals surface area contributed by atoms with Crippen LogP contribution in [0.25, 0.3) is 0 Å². The third-order valence-corrected chi connectivity index (χ3v) is 4.91. The zero-order valence-corrected chi connectivity index (χ0v) is 14.7. The highest BCUT2D eigenvalue weighted by Gasteiger charge is 2.42. The molecule has 2 unspecified atom stereocenters. The van der Waals surface area contributed by atoms with E-state index in [4.69, 9.17) is 14.2 Å². The fraction of sp³-hybridized carbons (Fsp3) is 0.333. The van der Waals surface area contributed by atoms with Gasteiger partial charge in [0.1, 0.15) is 29.1 Å². The Bertz CT molecular complexity index is 849. The Morgan fingerprint density at radius 3 is 2.80 bits per heavy atom. The van der Waals surface area contributed by atoms with E-state index >= 15 is 0 Å². The van der Waals surface area contributed by atoms with E-state index in [1.54, 1.807) is 19.2 Å². The van der Waals surface area contributed by atoms with E-state index in [1.807, 2.05) is 12.1 Å². The normalized spacial score (nSPS) is 19.8. The number of ether oxygens (including phenoxy) is 3. The maximum Gasteiger partial charge on any atom is 0.138 e. The van der Waals surface area contributed by atoms with E-state index in [9.17, 15) is 5.11 Å². The molecule has 4 heteroatoms. The second kappa shape index (κ2) is 6.03. The molecule has 4 rings (SSSR count). The van der Waals surface area contributed by atoms with Crippen molar-refractivity contribution in [3.8, 4) is 23.0 Å². The molecule has 130 valence electrons. The molecule has 2 aliphatic rings. The molecule has 0 aliphatic carbocycles. The SMILES string of the molecule is COc1ccc2c(c1CC=C(C)C)OC1c3ccc(O)cc3OCC21. The molecule has 2 atom stereocenters. The van der Waals surface area contributed by atoms with Crippen LogP contribution in [0.15, 0.2) is 42.0 Å². The summed E-state index contributed by atoms with van der Waals surface area (Å²) < 4.78 is 17.9. The zero-order chi connectivity index (χ0) is 17.6. The van der Waals surface area contributed by atoms with Crippen LogP contribution < -0.4 is 14.2 Å². The van der Waals surface area contributed by atoms with Crippen molar-refractivity contribution in [1.29, 1.82) is 0 Å². The van der Waals surface area contributed by atoms with Gasteiger partial charge in [0.15, 0.2) is 0 Å². The van der Waals surface area contributed by atoms with Crippen molar-refractivity contribution >= 4 is 0 Å². The molecular weight excluding hydrogens is 316 g/mol. The smallest absolute Gasteiger partial charge is 0.138 e. The Kier molecular flexibility index (Phi) is 3.83. The molecule has 0 bridgehead atoms. The van der Waals surface area contributed by atoms with Gasteiger partial charge in [-0.25, -0.2) is 0 Å². The summed E-state index contributed by atoms with van der Waals surface area (Å²) in [4.78, 5) is 0. The molecule has 0 aromatic heterocycles. The fourth-order valence-corrected chi connectivity index (χ4v) is 3.64. The standard InChI is InChI=1S/C21H22O4/c1-12(2)4-6-15-18(23-3)9-8-14-17-11-24-19-10-13(22)5-7-16(19)21(17)25-20(14)15/h4-5,7-10,17,21-22H,6,11H2,1-3H3. The van der Waals surface area contributed by atoms with Crippen LogP contribution in [-0.2, 0) is 6.42 Å². The highest BCUT2D eigenvalue weighted by atomic mass is 16.5. The Morgan fingerprint density at radius 1 is 1.24 bits per heavy atom. The van der Waals surface area contributed by atoms with Crippen LogP contribution in [0.4, 0.5) is 0 Å². The Hall–Kier alpha value is -2.62. The third kappa shape index (κ3) is 2.62. The number of fused-ring (bicyclic) bond motifs is 5. The van der Waals surface area contributed by atoms with Gasteiger partial charge in [0.05, 0.1) is 19.6 Å². The lowest BCUT2D eigenvalue weighted by Gasteiger charge is -2.27. The summed E-state index contributed by atoms with van der Waals surface area (Å²) >= 11 is 0. The monoisotopic (exact) mass is 338 g/mol. The highest BCUT2D eigenvalue weighted by molar-refractivity contribution is 5.57. The number of hydrogen-bond donors (Lipinski definition) is 1. The summed E-state index contributed by atoms with van der Waals surface area (Å²) in [6, 6.07) is 9.33. The minimum absolute atomic E-state index is 0.0862. The number of methoxy groups -OCH3 is 1. The summed E-state index contributed by atoms with van der Waals surface area (Å²) in [6.45, 7) is 4.72. The molecule has 25 heavy (non-hydrogen) atoms. The summed E-state index contributed by atoms with van der Waals surface area (Å²) in [5.41, 5.74) is 4.49. The second-order valence-corrected chi connectivity index (χ2v) is 6.83. The van der Waals surface area contributed by atoms with E-state index in [0.29, 0.717) is 12.4 Å². The molecule has 0 spiro atoms. The van der Waals surface area contributed by atoms with Gasteiger partial charge in [-0.15, -0.1) is 0 Å². The van der Waals surface area contributed by atoms with Crippen molar-refractivity contribution in [2.45, 2.75) is 32.3 Å². The highest BCUT2D eigenvalue weighted by Crippen LogP contribution is 2.53. The largest absolute Gasteiger partial charge is 0.508 e. The number of rotatable bonds is 3. The molecule has 0 saturated carbocycles. The van der Waals surface area contributed by atoms with Crippen LogP contribution in [0.2, 0.25) is 0 Å². The predicted octanol–water partition coefficient (Wildman–Crippen LogP) is 4.52. The molecule has 0 fully saturated rings. The van der Waals surface area contributed by atoms with Gasteiger partial charge in [-0.1, -0.05) is 17.7 Å². The van der Waals surface area contributed by atoms with Gasteiger partial charge in [0, 0.05) is 22.8 Å². The Labute approximate surface area is 147 Å². The van der Waals surface area contributed by atoms with Gasteiger partial charge in [-0.3, -0.25) is 0 Å². The number of aromatic hydroxyl groups is 1. The van der Waals surface area contributed by atoms with E-state index in [2.05, 4.69) is 26.0 Å². The zero-order valence-electron chi connectivity index (χ0n) is 14.7. The number of benzene rings is 2. The van der Waals surface area contributed by atoms with Crippen LogP contribution in [0.3, 0.4) is 0 Å². The van der Waals surface area contributed by atoms with Crippen LogP contribution in [0, 0.1) is 0 Å². The van der Waals surface area contributed by atoms with Crippen LogP contribution in [0.1, 0.15) is 42.6 Å². The number of allylic oxidation sites excluding steroid dienone is 2. The van der Waals surface area contributed by atoms with Crippen LogP contribution in [-0.4, -0.2) is 18.8 Å². The second-order valence-electron chi connectivity index (χ2n) is 6.83. The molecule has 1 N–H and O–H groups in total. The molecular formula is C21H22O4. The lowest BCUT2D eigenvalue weighted by molar-refractivity contribution is 0.138. The first-order valence-corrected chi connectivity index (χ1v) is 8.54. The quantitative estimate of drug-likeness (QED) is 0.836. The maximum atomic E-state index is 9.69. The molecule has 2 aliphatic heterocycles. The fourth-order valence-electron chi connectivity index (χ4n) is 3.64. The molecule has 4 nitrogen and oxygen atoms in total. The van der Waals surface area contributed by atoms with Crippen molar-refractivity contribution in [3.05, 3.63) is 58.7 Å². The number of hydrogen-bond acceptors (Lipinski definition) is 4. The maximum absolute atomic E-state index is 9.69. The molecule has 2 aromatic carbocycles. The first kappa shape index (κ1) is 15.9. The molecule has 0 amide bonds. The van der Waals surface area contributed by atoms with Crippen LogP contribution >= 0.6 is 0 Å². The van der Waals surface area contributed by atoms with Gasteiger partial charge in [-0.05, 0) is 38.5 Å². The summed E-state index contributed by atoms with van der Waals surface area (Å²) in [5, 5.41) is 9.69. The Morgan fingerprint density at radius 2 is 2.04 bits per heavy atom. The average Bonchev–Trinajstić information content (AvgIpc) is 2.98. The van der Waals surface area contributed by atoms with E-state index in [0.717, 1.165) is 29.0 Å². The van der Waals surface area contributed by atoms with E-state index < -0.39 is 0 Å². The molecule has 2 heterocycles. The first-order chi connectivity index (χ1) is 12.1. The summed E-state index contributed by atoms with van der Waals surface area (Å²) in [6.07, 6.45) is 2.88. The van der Waals surface area contributed by atoms with Gasteiger partial charge in [-0.2, -0.15) is 0 Å². The van der Waals surface area contributed by atoms with Crippen molar-refractivity contribution in [2.24, 2.45) is 0 Å². The lowest BCUT2D eigenvalue weighted by atomic mass is 9.88. The minimum Gasteiger partial charge on any atom is -0.508 e. The van der Waals surface area contributed by atoms with Gasteiger partial charge < -0.3 is 19.3 Å². The Balaban J connectivity index is 1.78. The van der Waals surface area contributed by atoms with Gasteiger partial charge in [0.25, 0.3) is 0 Å². The molecule has 0 saturated heterocycles. The molecule has 0 radical (unpaired) electrons. The van der Waals surface area contributed by atoms with Crippen molar-refractivity contribution in [2.75, 3.05) is 13.7 Å². The van der Waals surface area contributed by atoms with E-state index in [1.165, 1.54) is 11.1 Å². The average molecular weight is 338 g/mol. The van der Waals surface area contributed by atoms with Crippen molar-refractivity contribution < 1.29 is 19.3 Å². The first-order valence-electron chi connectivity index (χ1n) is 8.54. The van der Waals surface area contributed by atoms with Crippen LogP contribution in [0.5, 0.6) is 23.0 Å². The molecule has 2 aromatic rings. The number of phenolic OH excluding ortho intramolecular Hbond substituents is 1. The van der Waals surface area contributed by atoms with Crippen molar-refractivity contribution in [3.63, 3.8) is 0 Å². The summed E-state index contributed by atoms with van der Waals surface area (Å²) in [7, 11) is 1.69. The van der Waals surface area contributed by atoms with Crippen molar-refractivity contribution in [1.82, 2.24) is 0 Å². The topological polar surface area (TPSA) is 47.9 Å². The predicted molar refractivity (Wildman–Crippen MR) is 95.8 cm³/mol. The minimum atomic E-state index is -0.0862.